The van der Waals surface area contributed by atoms with Crippen LogP contribution in [0.2, 0.25) is 0 Å². The lowest BCUT2D eigenvalue weighted by molar-refractivity contribution is -0.125. The first-order valence-corrected chi connectivity index (χ1v) is 12.7. The topological polar surface area (TPSA) is 99.7 Å². The molecule has 2 aliphatic heterocycles. The van der Waals surface area contributed by atoms with Gasteiger partial charge in [-0.1, -0.05) is 13.0 Å². The van der Waals surface area contributed by atoms with Crippen molar-refractivity contribution in [2.45, 2.75) is 50.5 Å². The van der Waals surface area contributed by atoms with E-state index < -0.39 is 15.4 Å². The zero-order chi connectivity index (χ0) is 23.8. The van der Waals surface area contributed by atoms with Gasteiger partial charge in [-0.15, -0.1) is 0 Å². The standard InChI is InChI=1S/C24H30N4O4S/c1-17-8-11-27(12-9-17)33(31,32)19-6-7-21-20(13-19)24(2,3)23(30)28(21)16-22(29)26-15-18-5-4-10-25-14-18/h4-7,10,13-14,17H,8-9,11-12,15-16H2,1-3H3,(H,26,29). The Labute approximate surface area is 195 Å². The second-order valence-electron chi connectivity index (χ2n) is 9.42. The second kappa shape index (κ2) is 8.87. The molecule has 2 aromatic rings. The van der Waals surface area contributed by atoms with Crippen LogP contribution in [0.1, 0.15) is 44.7 Å². The van der Waals surface area contributed by atoms with Gasteiger partial charge in [0.2, 0.25) is 21.8 Å². The lowest BCUT2D eigenvalue weighted by Gasteiger charge is -2.29. The van der Waals surface area contributed by atoms with Crippen LogP contribution in [0.4, 0.5) is 5.69 Å². The maximum Gasteiger partial charge on any atom is 0.243 e. The van der Waals surface area contributed by atoms with Crippen molar-refractivity contribution in [2.24, 2.45) is 5.92 Å². The van der Waals surface area contributed by atoms with Gasteiger partial charge in [0, 0.05) is 37.7 Å². The van der Waals surface area contributed by atoms with Crippen molar-refractivity contribution in [1.29, 1.82) is 0 Å². The normalized spacial score (nSPS) is 18.9. The summed E-state index contributed by atoms with van der Waals surface area (Å²) >= 11 is 0. The number of nitrogens with one attached hydrogen (secondary N) is 1. The van der Waals surface area contributed by atoms with E-state index in [-0.39, 0.29) is 23.3 Å². The number of carbonyl (C=O) groups is 2. The summed E-state index contributed by atoms with van der Waals surface area (Å²) in [7, 11) is -3.64. The van der Waals surface area contributed by atoms with Crippen LogP contribution in [0.3, 0.4) is 0 Å². The lowest BCUT2D eigenvalue weighted by Crippen LogP contribution is -2.42. The number of nitrogens with zero attached hydrogens (tertiary/aromatic N) is 3. The molecular weight excluding hydrogens is 440 g/mol. The van der Waals surface area contributed by atoms with Crippen LogP contribution in [0.5, 0.6) is 0 Å². The Kier molecular flexibility index (Phi) is 6.28. The van der Waals surface area contributed by atoms with Crippen molar-refractivity contribution in [2.75, 3.05) is 24.5 Å². The summed E-state index contributed by atoms with van der Waals surface area (Å²) in [6, 6.07) is 8.45. The molecule has 0 bridgehead atoms. The van der Waals surface area contributed by atoms with Gasteiger partial charge in [-0.25, -0.2) is 8.42 Å². The highest BCUT2D eigenvalue weighted by molar-refractivity contribution is 7.89. The van der Waals surface area contributed by atoms with Gasteiger partial charge in [-0.2, -0.15) is 4.31 Å². The molecule has 2 aliphatic rings. The van der Waals surface area contributed by atoms with Crippen molar-refractivity contribution in [1.82, 2.24) is 14.6 Å². The van der Waals surface area contributed by atoms with Gasteiger partial charge in [-0.3, -0.25) is 14.6 Å². The second-order valence-corrected chi connectivity index (χ2v) is 11.4. The molecule has 0 radical (unpaired) electrons. The van der Waals surface area contributed by atoms with E-state index in [0.29, 0.717) is 36.8 Å². The Bertz CT molecular complexity index is 1160. The molecule has 1 saturated heterocycles. The number of rotatable bonds is 6. The SMILES string of the molecule is CC1CCN(S(=O)(=O)c2ccc3c(c2)C(C)(C)C(=O)N3CC(=O)NCc2cccnc2)CC1. The number of hydrogen-bond acceptors (Lipinski definition) is 5. The number of pyridine rings is 1. The van der Waals surface area contributed by atoms with Crippen molar-refractivity contribution in [3.05, 3.63) is 53.9 Å². The Morgan fingerprint density at radius 3 is 2.61 bits per heavy atom. The summed E-state index contributed by atoms with van der Waals surface area (Å²) in [5.74, 6) is -0.00348. The van der Waals surface area contributed by atoms with Crippen LogP contribution in [-0.2, 0) is 31.6 Å². The fraction of sp³-hybridized carbons (Fsp3) is 0.458. The van der Waals surface area contributed by atoms with Crippen LogP contribution >= 0.6 is 0 Å². The Morgan fingerprint density at radius 1 is 1.21 bits per heavy atom. The number of carbonyl (C=O) groups excluding carboxylic acids is 2. The minimum absolute atomic E-state index is 0.133. The monoisotopic (exact) mass is 470 g/mol. The van der Waals surface area contributed by atoms with Crippen LogP contribution in [0, 0.1) is 5.92 Å². The van der Waals surface area contributed by atoms with E-state index in [1.54, 1.807) is 50.5 Å². The molecule has 1 N–H and O–H groups in total. The van der Waals surface area contributed by atoms with Gasteiger partial charge >= 0.3 is 0 Å². The molecular formula is C24H30N4O4S. The molecule has 176 valence electrons. The van der Waals surface area contributed by atoms with Gasteiger partial charge < -0.3 is 10.2 Å². The molecule has 0 atom stereocenters. The van der Waals surface area contributed by atoms with Gasteiger partial charge in [0.25, 0.3) is 0 Å². The molecule has 4 rings (SSSR count). The quantitative estimate of drug-likeness (QED) is 0.699. The molecule has 2 amide bonds. The van der Waals surface area contributed by atoms with Gasteiger partial charge in [0.15, 0.2) is 0 Å². The molecule has 9 heteroatoms. The first-order valence-electron chi connectivity index (χ1n) is 11.2. The zero-order valence-electron chi connectivity index (χ0n) is 19.2. The summed E-state index contributed by atoms with van der Waals surface area (Å²) in [6.07, 6.45) is 5.02. The molecule has 0 unspecified atom stereocenters. The van der Waals surface area contributed by atoms with Gasteiger partial charge in [-0.05, 0) is 68.0 Å². The highest BCUT2D eigenvalue weighted by atomic mass is 32.2. The van der Waals surface area contributed by atoms with Gasteiger partial charge in [0.1, 0.15) is 6.54 Å². The van der Waals surface area contributed by atoms with Crippen LogP contribution in [0.25, 0.3) is 0 Å². The number of fused-ring (bicyclic) bond motifs is 1. The maximum absolute atomic E-state index is 13.2. The fourth-order valence-electron chi connectivity index (χ4n) is 4.41. The Morgan fingerprint density at radius 2 is 1.94 bits per heavy atom. The third-order valence-corrected chi connectivity index (χ3v) is 8.50. The van der Waals surface area contributed by atoms with E-state index in [1.807, 2.05) is 6.07 Å². The van der Waals surface area contributed by atoms with Gasteiger partial charge in [0.05, 0.1) is 10.3 Å². The van der Waals surface area contributed by atoms with E-state index in [0.717, 1.165) is 18.4 Å². The van der Waals surface area contributed by atoms with E-state index in [9.17, 15) is 18.0 Å². The first kappa shape index (κ1) is 23.4. The first-order chi connectivity index (χ1) is 15.6. The van der Waals surface area contributed by atoms with Crippen molar-refractivity contribution in [3.8, 4) is 0 Å². The Balaban J connectivity index is 1.54. The smallest absolute Gasteiger partial charge is 0.243 e. The number of piperidine rings is 1. The predicted molar refractivity (Wildman–Crippen MR) is 125 cm³/mol. The number of benzene rings is 1. The molecule has 1 aromatic carbocycles. The van der Waals surface area contributed by atoms with E-state index in [4.69, 9.17) is 0 Å². The summed E-state index contributed by atoms with van der Waals surface area (Å²) < 4.78 is 28.0. The molecule has 0 spiro atoms. The summed E-state index contributed by atoms with van der Waals surface area (Å²) in [5.41, 5.74) is 1.13. The third-order valence-electron chi connectivity index (χ3n) is 6.61. The van der Waals surface area contributed by atoms with Crippen LogP contribution < -0.4 is 10.2 Å². The fourth-order valence-corrected chi connectivity index (χ4v) is 5.90. The lowest BCUT2D eigenvalue weighted by atomic mass is 9.86. The summed E-state index contributed by atoms with van der Waals surface area (Å²) in [6.45, 7) is 6.86. The van der Waals surface area contributed by atoms with Crippen LogP contribution in [-0.4, -0.2) is 49.2 Å². The Hall–Kier alpha value is -2.78. The molecule has 1 aromatic heterocycles. The largest absolute Gasteiger partial charge is 0.350 e. The number of sulfonamides is 1. The van der Waals surface area contributed by atoms with E-state index >= 15 is 0 Å². The molecule has 0 aliphatic carbocycles. The summed E-state index contributed by atoms with van der Waals surface area (Å²) in [4.78, 5) is 31.4. The average Bonchev–Trinajstić information content (AvgIpc) is 2.99. The number of anilines is 1. The minimum atomic E-state index is -3.64. The number of amides is 2. The van der Waals surface area contributed by atoms with E-state index in [2.05, 4.69) is 17.2 Å². The summed E-state index contributed by atoms with van der Waals surface area (Å²) in [5, 5.41) is 2.81. The number of aromatic nitrogens is 1. The maximum atomic E-state index is 13.2. The molecule has 0 saturated carbocycles. The molecule has 8 nitrogen and oxygen atoms in total. The molecule has 1 fully saturated rings. The van der Waals surface area contributed by atoms with E-state index in [1.165, 1.54) is 9.21 Å². The zero-order valence-corrected chi connectivity index (χ0v) is 20.1. The third kappa shape index (κ3) is 4.52. The molecule has 33 heavy (non-hydrogen) atoms. The van der Waals surface area contributed by atoms with Crippen molar-refractivity contribution in [3.63, 3.8) is 0 Å². The van der Waals surface area contributed by atoms with Crippen LogP contribution in [0.15, 0.2) is 47.6 Å². The predicted octanol–water partition coefficient (Wildman–Crippen LogP) is 2.44. The highest BCUT2D eigenvalue weighted by Crippen LogP contribution is 2.42. The molecule has 3 heterocycles. The minimum Gasteiger partial charge on any atom is -0.350 e. The average molecular weight is 471 g/mol. The highest BCUT2D eigenvalue weighted by Gasteiger charge is 2.45. The number of hydrogen-bond donors (Lipinski definition) is 1. The van der Waals surface area contributed by atoms with Crippen molar-refractivity contribution >= 4 is 27.5 Å². The van der Waals surface area contributed by atoms with Crippen molar-refractivity contribution < 1.29 is 18.0 Å².